The molecule has 0 amide bonds. The van der Waals surface area contributed by atoms with Gasteiger partial charge in [-0.15, -0.1) is 0 Å². The molecule has 1 saturated heterocycles. The van der Waals surface area contributed by atoms with Gasteiger partial charge in [0.05, 0.1) is 24.4 Å². The Morgan fingerprint density at radius 2 is 1.82 bits per heavy atom. The lowest BCUT2D eigenvalue weighted by Crippen LogP contribution is -2.74. The van der Waals surface area contributed by atoms with Crippen molar-refractivity contribution in [2.75, 3.05) is 48.6 Å². The summed E-state index contributed by atoms with van der Waals surface area (Å²) in [6.45, 7) is 1.44. The van der Waals surface area contributed by atoms with E-state index >= 15 is 0 Å². The summed E-state index contributed by atoms with van der Waals surface area (Å²) < 4.78 is 30.8. The van der Waals surface area contributed by atoms with E-state index in [2.05, 4.69) is 11.9 Å². The second-order valence-electron chi connectivity index (χ2n) is 13.3. The predicted molar refractivity (Wildman–Crippen MR) is 142 cm³/mol. The number of piperidine rings is 1. The van der Waals surface area contributed by atoms with E-state index in [1.807, 2.05) is 6.07 Å². The van der Waals surface area contributed by atoms with Gasteiger partial charge >= 0.3 is 5.97 Å². The van der Waals surface area contributed by atoms with Gasteiger partial charge in [0.2, 0.25) is 0 Å². The molecule has 1 aliphatic heterocycles. The average molecular weight is 556 g/mol. The molecule has 9 heteroatoms. The molecule has 9 nitrogen and oxygen atoms in total. The first-order valence-corrected chi connectivity index (χ1v) is 14.5. The second-order valence-corrected chi connectivity index (χ2v) is 13.3. The van der Waals surface area contributed by atoms with Gasteiger partial charge in [-0.25, -0.2) is 4.79 Å². The zero-order valence-electron chi connectivity index (χ0n) is 23.9. The van der Waals surface area contributed by atoms with Crippen molar-refractivity contribution in [3.8, 4) is 0 Å². The molecule has 0 radical (unpaired) electrons. The van der Waals surface area contributed by atoms with E-state index in [0.29, 0.717) is 18.6 Å². The van der Waals surface area contributed by atoms with Gasteiger partial charge in [-0.3, -0.25) is 4.79 Å². The van der Waals surface area contributed by atoms with Crippen LogP contribution in [0.1, 0.15) is 29.6 Å². The number of ether oxygens (including phenoxy) is 5. The third-order valence-corrected chi connectivity index (χ3v) is 12.1. The molecule has 1 heterocycles. The van der Waals surface area contributed by atoms with Gasteiger partial charge in [-0.1, -0.05) is 18.2 Å². The van der Waals surface area contributed by atoms with Gasteiger partial charge in [0.25, 0.3) is 0 Å². The number of likely N-dealkylation sites (tertiary alicyclic amines) is 1. The van der Waals surface area contributed by atoms with Crippen molar-refractivity contribution in [3.63, 3.8) is 0 Å². The van der Waals surface area contributed by atoms with Crippen LogP contribution in [-0.4, -0.2) is 106 Å². The first-order chi connectivity index (χ1) is 19.2. The Kier molecular flexibility index (Phi) is 6.11. The minimum Gasteiger partial charge on any atom is -0.455 e. The lowest BCUT2D eigenvalue weighted by Gasteiger charge is -2.67. The van der Waals surface area contributed by atoms with E-state index in [1.165, 1.54) is 7.11 Å². The molecule has 6 aliphatic rings. The van der Waals surface area contributed by atoms with Crippen molar-refractivity contribution in [1.29, 1.82) is 0 Å². The summed E-state index contributed by atoms with van der Waals surface area (Å²) in [5.41, 5.74) is -1.80. The van der Waals surface area contributed by atoms with Crippen molar-refractivity contribution in [1.82, 2.24) is 4.90 Å². The van der Waals surface area contributed by atoms with E-state index < -0.39 is 35.1 Å². The Labute approximate surface area is 235 Å². The molecule has 5 unspecified atom stereocenters. The molecule has 5 saturated carbocycles. The number of methoxy groups -OCH3 is 4. The Bertz CT molecular complexity index is 1200. The number of carbonyl (C=O) groups is 2. The number of benzene rings is 1. The number of rotatable bonds is 7. The highest BCUT2D eigenvalue weighted by molar-refractivity contribution is 5.92. The maximum absolute atomic E-state index is 14.4. The largest absolute Gasteiger partial charge is 0.455 e. The van der Waals surface area contributed by atoms with Crippen LogP contribution in [0.15, 0.2) is 30.3 Å². The second kappa shape index (κ2) is 9.06. The average Bonchev–Trinajstić information content (AvgIpc) is 3.30. The van der Waals surface area contributed by atoms with Gasteiger partial charge < -0.3 is 33.7 Å². The molecule has 1 aromatic rings. The van der Waals surface area contributed by atoms with Crippen LogP contribution in [0.2, 0.25) is 0 Å². The summed E-state index contributed by atoms with van der Waals surface area (Å²) in [5, 5.41) is 12.4. The minimum absolute atomic E-state index is 0.0244. The summed E-state index contributed by atoms with van der Waals surface area (Å²) in [6.07, 6.45) is -0.146. The molecule has 218 valence electrons. The lowest BCUT2D eigenvalue weighted by molar-refractivity contribution is -0.247. The Morgan fingerprint density at radius 3 is 2.48 bits per heavy atom. The predicted octanol–water partition coefficient (Wildman–Crippen LogP) is 1.81. The number of Topliss-reactive ketones (excluding diaryl/α,β-unsaturated/α-hetero) is 1. The number of fused-ring (bicyclic) bond motifs is 2. The van der Waals surface area contributed by atoms with E-state index in [-0.39, 0.29) is 53.1 Å². The first-order valence-electron chi connectivity index (χ1n) is 14.5. The van der Waals surface area contributed by atoms with Crippen LogP contribution in [0, 0.1) is 40.4 Å². The van der Waals surface area contributed by atoms with Crippen molar-refractivity contribution >= 4 is 11.8 Å². The van der Waals surface area contributed by atoms with Crippen molar-refractivity contribution in [3.05, 3.63) is 35.9 Å². The molecule has 7 bridgehead atoms. The highest BCUT2D eigenvalue weighted by atomic mass is 16.6. The van der Waals surface area contributed by atoms with Crippen LogP contribution in [0.25, 0.3) is 0 Å². The van der Waals surface area contributed by atoms with Gasteiger partial charge in [0, 0.05) is 75.5 Å². The Morgan fingerprint density at radius 1 is 1.07 bits per heavy atom. The van der Waals surface area contributed by atoms with Gasteiger partial charge in [0.15, 0.2) is 5.78 Å². The Balaban J connectivity index is 1.43. The number of ketones is 1. The normalized spacial score (nSPS) is 50.2. The van der Waals surface area contributed by atoms with Crippen LogP contribution in [0.4, 0.5) is 0 Å². The van der Waals surface area contributed by atoms with Gasteiger partial charge in [-0.2, -0.15) is 0 Å². The van der Waals surface area contributed by atoms with E-state index in [1.54, 1.807) is 45.6 Å². The summed E-state index contributed by atoms with van der Waals surface area (Å²) in [6, 6.07) is 8.86. The van der Waals surface area contributed by atoms with Crippen LogP contribution >= 0.6 is 0 Å². The van der Waals surface area contributed by atoms with Gasteiger partial charge in [-0.05, 0) is 44.4 Å². The quantitative estimate of drug-likeness (QED) is 0.505. The highest BCUT2D eigenvalue weighted by Gasteiger charge is 2.86. The molecule has 1 N–H and O–H groups in total. The Hall–Kier alpha value is -1.88. The number of hydrogen-bond acceptors (Lipinski definition) is 9. The molecule has 1 aromatic carbocycles. The molecule has 40 heavy (non-hydrogen) atoms. The maximum Gasteiger partial charge on any atom is 0.338 e. The molecule has 5 aliphatic carbocycles. The van der Waals surface area contributed by atoms with Crippen molar-refractivity contribution in [2.45, 2.75) is 55.3 Å². The van der Waals surface area contributed by atoms with E-state index in [0.717, 1.165) is 19.4 Å². The third kappa shape index (κ3) is 2.99. The number of esters is 1. The van der Waals surface area contributed by atoms with Crippen LogP contribution in [0.5, 0.6) is 0 Å². The molecule has 0 aromatic heterocycles. The zero-order chi connectivity index (χ0) is 28.2. The standard InChI is InChI=1S/C31H41NO8/c1-32-14-29(15-36-2)12-11-18(37-3)31-17-13-30(35)26(40-28(34)16-9-7-6-8-10-16)19(17)20(22(33)27(30)39-5)21(25(31)32)23(38-4)24(29)31/h6-10,17-21,23-27,35H,11-15H2,1-5H3/t17?,18-,19-,20-,21?,23-,24+,25?,26+,27-,29-,30?,31?/m0/s1. The third-order valence-electron chi connectivity index (χ3n) is 12.1. The van der Waals surface area contributed by atoms with Crippen LogP contribution < -0.4 is 0 Å². The van der Waals surface area contributed by atoms with Crippen molar-refractivity contribution in [2.24, 2.45) is 40.4 Å². The van der Waals surface area contributed by atoms with E-state index in [4.69, 9.17) is 23.7 Å². The smallest absolute Gasteiger partial charge is 0.338 e. The van der Waals surface area contributed by atoms with Crippen molar-refractivity contribution < 1.29 is 38.4 Å². The van der Waals surface area contributed by atoms with Crippen LogP contribution in [-0.2, 0) is 28.5 Å². The molecular formula is C31H41NO8. The highest BCUT2D eigenvalue weighted by Crippen LogP contribution is 2.78. The summed E-state index contributed by atoms with van der Waals surface area (Å²) in [4.78, 5) is 30.3. The SMILES string of the molecule is COC[C@]12CC[C@H](OC)C34C5CC6(O)[C@H](OC(=O)c7ccccc7)[C@@H]5[C@H](C(=O)[C@@H]6OC)C(C3N(C)C1)[C@H](OC)[C@@H]42. The fourth-order valence-electron chi connectivity index (χ4n) is 11.6. The number of aliphatic hydroxyl groups is 1. The topological polar surface area (TPSA) is 104 Å². The first kappa shape index (κ1) is 27.0. The zero-order valence-corrected chi connectivity index (χ0v) is 23.9. The number of nitrogens with zero attached hydrogens (tertiary/aromatic N) is 1. The fourth-order valence-corrected chi connectivity index (χ4v) is 11.6. The molecule has 7 rings (SSSR count). The summed E-state index contributed by atoms with van der Waals surface area (Å²) >= 11 is 0. The van der Waals surface area contributed by atoms with Crippen LogP contribution in [0.3, 0.4) is 0 Å². The fraction of sp³-hybridized carbons (Fsp3) is 0.742. The molecule has 13 atom stereocenters. The minimum atomic E-state index is -1.63. The number of hydrogen-bond donors (Lipinski definition) is 1. The number of carbonyl (C=O) groups excluding carboxylic acids is 2. The lowest BCUT2D eigenvalue weighted by atomic mass is 9.44. The molecular weight excluding hydrogens is 514 g/mol. The molecule has 6 fully saturated rings. The summed E-state index contributed by atoms with van der Waals surface area (Å²) in [7, 11) is 8.93. The van der Waals surface area contributed by atoms with E-state index in [9.17, 15) is 14.7 Å². The molecule has 1 spiro atoms. The van der Waals surface area contributed by atoms with Gasteiger partial charge in [0.1, 0.15) is 17.8 Å². The summed E-state index contributed by atoms with van der Waals surface area (Å²) in [5.74, 6) is -1.64. The monoisotopic (exact) mass is 555 g/mol. The maximum atomic E-state index is 14.4.